The van der Waals surface area contributed by atoms with E-state index in [4.69, 9.17) is 0 Å². The number of hydrogen-bond acceptors (Lipinski definition) is 2. The first-order valence-electron chi connectivity index (χ1n) is 5.76. The van der Waals surface area contributed by atoms with E-state index < -0.39 is 0 Å². The highest BCUT2D eigenvalue weighted by molar-refractivity contribution is 6.08. The second kappa shape index (κ2) is 4.32. The van der Waals surface area contributed by atoms with E-state index in [2.05, 4.69) is 9.97 Å². The van der Waals surface area contributed by atoms with Gasteiger partial charge in [0.25, 0.3) is 5.56 Å². The lowest BCUT2D eigenvalue weighted by atomic mass is 9.96. The summed E-state index contributed by atoms with van der Waals surface area (Å²) < 4.78 is 14.0. The van der Waals surface area contributed by atoms with E-state index in [0.29, 0.717) is 23.1 Å². The van der Waals surface area contributed by atoms with E-state index >= 15 is 0 Å². The van der Waals surface area contributed by atoms with Crippen molar-refractivity contribution in [2.45, 2.75) is 26.1 Å². The minimum Gasteiger partial charge on any atom is -0.317 e. The Morgan fingerprint density at radius 2 is 2.18 bits per heavy atom. The van der Waals surface area contributed by atoms with Crippen LogP contribution in [-0.2, 0) is 6.32 Å². The largest absolute Gasteiger partial charge is 0.317 e. The zero-order valence-electron chi connectivity index (χ0n) is 10.2. The van der Waals surface area contributed by atoms with Gasteiger partial charge in [0, 0.05) is 5.92 Å². The molecule has 0 spiro atoms. The highest BCUT2D eigenvalue weighted by Crippen LogP contribution is 2.18. The predicted molar refractivity (Wildman–Crippen MR) is 68.7 cm³/mol. The van der Waals surface area contributed by atoms with Crippen LogP contribution in [0, 0.1) is 5.82 Å². The van der Waals surface area contributed by atoms with Gasteiger partial charge < -0.3 is 4.98 Å². The third-order valence-electron chi connectivity index (χ3n) is 2.84. The van der Waals surface area contributed by atoms with Crippen molar-refractivity contribution in [3.05, 3.63) is 39.6 Å². The quantitative estimate of drug-likeness (QED) is 0.793. The Hall–Kier alpha value is -1.65. The fourth-order valence-electron chi connectivity index (χ4n) is 1.84. The maximum Gasteiger partial charge on any atom is 0.270 e. The molecule has 0 aliphatic rings. The molecule has 0 saturated carbocycles. The van der Waals surface area contributed by atoms with Crippen molar-refractivity contribution in [3.8, 4) is 0 Å². The summed E-state index contributed by atoms with van der Waals surface area (Å²) in [5, 5.41) is 0. The van der Waals surface area contributed by atoms with Gasteiger partial charge in [-0.2, -0.15) is 0 Å². The van der Waals surface area contributed by atoms with Gasteiger partial charge in [-0.3, -0.25) is 4.79 Å². The number of aromatic amines is 1. The van der Waals surface area contributed by atoms with Gasteiger partial charge in [0.15, 0.2) is 5.82 Å². The Kier molecular flexibility index (Phi) is 3.00. The summed E-state index contributed by atoms with van der Waals surface area (Å²) in [7, 11) is 1.87. The van der Waals surface area contributed by atoms with Gasteiger partial charge in [-0.1, -0.05) is 26.2 Å². The molecule has 0 saturated heterocycles. The summed E-state index contributed by atoms with van der Waals surface area (Å²) in [6, 6.07) is 3.46. The summed E-state index contributed by atoms with van der Waals surface area (Å²) in [4.78, 5) is 18.6. The molecule has 88 valence electrons. The topological polar surface area (TPSA) is 45.8 Å². The van der Waals surface area contributed by atoms with Crippen LogP contribution < -0.4 is 5.56 Å². The van der Waals surface area contributed by atoms with Gasteiger partial charge in [0.1, 0.15) is 19.1 Å². The van der Waals surface area contributed by atoms with E-state index in [1.807, 2.05) is 21.7 Å². The maximum atomic E-state index is 14.0. The molecule has 2 rings (SSSR count). The highest BCUT2D eigenvalue weighted by atomic mass is 19.1. The van der Waals surface area contributed by atoms with Crippen molar-refractivity contribution in [3.63, 3.8) is 0 Å². The molecule has 0 aliphatic heterocycles. The number of benzene rings is 1. The molecule has 1 heterocycles. The normalized spacial score (nSPS) is 11.3. The number of nitrogens with one attached hydrogen (secondary N) is 1. The Morgan fingerprint density at radius 3 is 2.76 bits per heavy atom. The number of rotatable bonds is 2. The molecule has 1 N–H and O–H groups in total. The molecule has 0 bridgehead atoms. The Labute approximate surface area is 99.5 Å². The molecule has 0 radical (unpaired) electrons. The highest BCUT2D eigenvalue weighted by Gasteiger charge is 2.12. The van der Waals surface area contributed by atoms with Crippen molar-refractivity contribution >= 4 is 18.9 Å². The predicted octanol–water partition coefficient (Wildman–Crippen LogP) is 1.32. The van der Waals surface area contributed by atoms with Crippen molar-refractivity contribution in [2.24, 2.45) is 0 Å². The average Bonchev–Trinajstić information content (AvgIpc) is 2.29. The van der Waals surface area contributed by atoms with E-state index in [9.17, 15) is 9.18 Å². The maximum absolute atomic E-state index is 14.0. The van der Waals surface area contributed by atoms with Crippen molar-refractivity contribution < 1.29 is 4.39 Å². The average molecular weight is 232 g/mol. The fraction of sp³-hybridized carbons (Fsp3) is 0.333. The SMILES string of the molecule is BCc1ccc2nc(C(C)C)c(=O)[nH]c2c1F. The second-order valence-electron chi connectivity index (χ2n) is 4.39. The van der Waals surface area contributed by atoms with Crippen molar-refractivity contribution in [2.75, 3.05) is 0 Å². The minimum atomic E-state index is -0.370. The molecule has 0 aliphatic carbocycles. The summed E-state index contributed by atoms with van der Waals surface area (Å²) >= 11 is 0. The molecule has 2 aromatic rings. The Bertz CT molecular complexity index is 622. The number of fused-ring (bicyclic) bond motifs is 1. The smallest absolute Gasteiger partial charge is 0.270 e. The van der Waals surface area contributed by atoms with Crippen molar-refractivity contribution in [1.82, 2.24) is 9.97 Å². The zero-order valence-corrected chi connectivity index (χ0v) is 10.2. The van der Waals surface area contributed by atoms with Crippen LogP contribution in [0.25, 0.3) is 11.0 Å². The van der Waals surface area contributed by atoms with Gasteiger partial charge in [0.2, 0.25) is 0 Å². The van der Waals surface area contributed by atoms with Crippen LogP contribution >= 0.6 is 0 Å². The molecule has 0 fully saturated rings. The third kappa shape index (κ3) is 1.97. The molecule has 1 aromatic heterocycles. The zero-order chi connectivity index (χ0) is 12.6. The van der Waals surface area contributed by atoms with E-state index in [0.717, 1.165) is 0 Å². The number of hydrogen-bond donors (Lipinski definition) is 1. The van der Waals surface area contributed by atoms with Gasteiger partial charge in [0.05, 0.1) is 5.52 Å². The minimum absolute atomic E-state index is 0.0251. The van der Waals surface area contributed by atoms with Gasteiger partial charge >= 0.3 is 0 Å². The lowest BCUT2D eigenvalue weighted by Gasteiger charge is -2.07. The number of nitrogens with zero attached hydrogens (tertiary/aromatic N) is 1. The molecule has 1 aromatic carbocycles. The molecule has 5 heteroatoms. The van der Waals surface area contributed by atoms with Crippen LogP contribution in [-0.4, -0.2) is 17.8 Å². The number of H-pyrrole nitrogens is 1. The van der Waals surface area contributed by atoms with Crippen LogP contribution in [0.5, 0.6) is 0 Å². The molecule has 3 nitrogen and oxygen atoms in total. The van der Waals surface area contributed by atoms with Crippen LogP contribution in [0.1, 0.15) is 31.0 Å². The fourth-order valence-corrected chi connectivity index (χ4v) is 1.84. The molecule has 0 unspecified atom stereocenters. The summed E-state index contributed by atoms with van der Waals surface area (Å²) in [6.07, 6.45) is 0.593. The lowest BCUT2D eigenvalue weighted by Crippen LogP contribution is -2.17. The van der Waals surface area contributed by atoms with E-state index in [1.54, 1.807) is 12.1 Å². The summed E-state index contributed by atoms with van der Waals surface area (Å²) in [5.41, 5.74) is 1.44. The van der Waals surface area contributed by atoms with Crippen LogP contribution in [0.4, 0.5) is 4.39 Å². The molecule has 0 atom stereocenters. The Morgan fingerprint density at radius 1 is 1.47 bits per heavy atom. The Balaban J connectivity index is 2.79. The third-order valence-corrected chi connectivity index (χ3v) is 2.84. The van der Waals surface area contributed by atoms with Gasteiger partial charge in [-0.05, 0) is 11.6 Å². The summed E-state index contributed by atoms with van der Waals surface area (Å²) in [5.74, 6) is -0.345. The monoisotopic (exact) mass is 232 g/mol. The number of halogens is 1. The van der Waals surface area contributed by atoms with Gasteiger partial charge in [-0.15, -0.1) is 0 Å². The standard InChI is InChI=1S/C12H14BFN2O/c1-6(2)10-12(17)16-11-8(15-10)4-3-7(5-13)9(11)14/h3-4,6H,5,13H2,1-2H3,(H,16,17). The molecule has 17 heavy (non-hydrogen) atoms. The first kappa shape index (κ1) is 11.8. The van der Waals surface area contributed by atoms with Crippen LogP contribution in [0.3, 0.4) is 0 Å². The molecular weight excluding hydrogens is 218 g/mol. The van der Waals surface area contributed by atoms with E-state index in [1.165, 1.54) is 0 Å². The lowest BCUT2D eigenvalue weighted by molar-refractivity contribution is 0.624. The second-order valence-corrected chi connectivity index (χ2v) is 4.39. The van der Waals surface area contributed by atoms with Crippen LogP contribution in [0.15, 0.2) is 16.9 Å². The molecular formula is C12H14BFN2O. The summed E-state index contributed by atoms with van der Waals surface area (Å²) in [6.45, 7) is 3.78. The van der Waals surface area contributed by atoms with E-state index in [-0.39, 0.29) is 22.8 Å². The number of aromatic nitrogens is 2. The first-order valence-corrected chi connectivity index (χ1v) is 5.76. The van der Waals surface area contributed by atoms with Gasteiger partial charge in [-0.25, -0.2) is 9.37 Å². The van der Waals surface area contributed by atoms with Crippen molar-refractivity contribution in [1.29, 1.82) is 0 Å². The molecule has 0 amide bonds. The van der Waals surface area contributed by atoms with Crippen LogP contribution in [0.2, 0.25) is 0 Å². The first-order chi connectivity index (χ1) is 8.04.